The molecule has 0 N–H and O–H groups in total. The summed E-state index contributed by atoms with van der Waals surface area (Å²) in [5, 5.41) is 0. The van der Waals surface area contributed by atoms with Crippen LogP contribution in [0, 0.1) is 0 Å². The molecule has 7 nitrogen and oxygen atoms in total. The van der Waals surface area contributed by atoms with Crippen molar-refractivity contribution in [1.29, 1.82) is 0 Å². The summed E-state index contributed by atoms with van der Waals surface area (Å²) in [6, 6.07) is 16.6. The van der Waals surface area contributed by atoms with E-state index in [-0.39, 0.29) is 25.5 Å². The first-order valence-electron chi connectivity index (χ1n) is 9.14. The normalized spacial score (nSPS) is 10.8. The highest BCUT2D eigenvalue weighted by molar-refractivity contribution is 5.80. The molecule has 0 aliphatic carbocycles. The Kier molecular flexibility index (Phi) is 6.26. The zero-order chi connectivity index (χ0) is 19.9. The smallest absolute Gasteiger partial charge is 0.419 e. The molecular formula is C21H22N2O5. The minimum atomic E-state index is -0.540. The molecule has 1 aromatic heterocycles. The molecule has 1 amide bonds. The van der Waals surface area contributed by atoms with Gasteiger partial charge >= 0.3 is 11.7 Å². The van der Waals surface area contributed by atoms with E-state index in [0.717, 1.165) is 5.56 Å². The highest BCUT2D eigenvalue weighted by atomic mass is 16.5. The van der Waals surface area contributed by atoms with Crippen molar-refractivity contribution in [3.63, 3.8) is 0 Å². The van der Waals surface area contributed by atoms with Crippen LogP contribution >= 0.6 is 0 Å². The van der Waals surface area contributed by atoms with E-state index in [9.17, 15) is 14.4 Å². The molecule has 0 unspecified atom stereocenters. The number of aryl methyl sites for hydroxylation is 1. The number of benzene rings is 2. The number of carbonyl (C=O) groups excluding carboxylic acids is 2. The van der Waals surface area contributed by atoms with E-state index in [2.05, 4.69) is 0 Å². The fourth-order valence-corrected chi connectivity index (χ4v) is 2.91. The molecule has 0 aliphatic rings. The SMILES string of the molecule is CCN(Cc1ccccc1)C(=O)COC(=O)CCn1c(=O)oc2ccccc21. The van der Waals surface area contributed by atoms with Crippen LogP contribution in [0.25, 0.3) is 11.1 Å². The van der Waals surface area contributed by atoms with E-state index in [1.54, 1.807) is 29.2 Å². The Balaban J connectivity index is 1.51. The van der Waals surface area contributed by atoms with E-state index in [0.29, 0.717) is 24.2 Å². The Morgan fingerprint density at radius 1 is 1.07 bits per heavy atom. The third-order valence-corrected chi connectivity index (χ3v) is 4.42. The van der Waals surface area contributed by atoms with Gasteiger partial charge in [-0.2, -0.15) is 0 Å². The maximum atomic E-state index is 12.3. The number of esters is 1. The van der Waals surface area contributed by atoms with Crippen molar-refractivity contribution >= 4 is 23.0 Å². The van der Waals surface area contributed by atoms with Gasteiger partial charge in [0.25, 0.3) is 5.91 Å². The van der Waals surface area contributed by atoms with E-state index in [4.69, 9.17) is 9.15 Å². The maximum Gasteiger partial charge on any atom is 0.419 e. The summed E-state index contributed by atoms with van der Waals surface area (Å²) >= 11 is 0. The van der Waals surface area contributed by atoms with Gasteiger partial charge in [0.05, 0.1) is 11.9 Å². The molecule has 0 saturated carbocycles. The first-order valence-corrected chi connectivity index (χ1v) is 9.14. The van der Waals surface area contributed by atoms with Gasteiger partial charge in [0.1, 0.15) is 0 Å². The Labute approximate surface area is 162 Å². The number of para-hydroxylation sites is 2. The third-order valence-electron chi connectivity index (χ3n) is 4.42. The van der Waals surface area contributed by atoms with Crippen LogP contribution in [0.1, 0.15) is 18.9 Å². The van der Waals surface area contributed by atoms with Crippen LogP contribution in [0.4, 0.5) is 0 Å². The highest BCUT2D eigenvalue weighted by Gasteiger charge is 2.16. The maximum absolute atomic E-state index is 12.3. The van der Waals surface area contributed by atoms with Crippen LogP contribution < -0.4 is 5.76 Å². The topological polar surface area (TPSA) is 81.8 Å². The second-order valence-electron chi connectivity index (χ2n) is 6.29. The zero-order valence-corrected chi connectivity index (χ0v) is 15.7. The van der Waals surface area contributed by atoms with Gasteiger partial charge in [-0.1, -0.05) is 42.5 Å². The first kappa shape index (κ1) is 19.4. The molecule has 146 valence electrons. The fourth-order valence-electron chi connectivity index (χ4n) is 2.91. The lowest BCUT2D eigenvalue weighted by Gasteiger charge is -2.20. The predicted molar refractivity (Wildman–Crippen MR) is 104 cm³/mol. The number of carbonyl (C=O) groups is 2. The number of likely N-dealkylation sites (N-methyl/N-ethyl adjacent to an activating group) is 1. The van der Waals surface area contributed by atoms with Gasteiger partial charge in [-0.3, -0.25) is 14.2 Å². The summed E-state index contributed by atoms with van der Waals surface area (Å²) in [4.78, 5) is 37.9. The van der Waals surface area contributed by atoms with Crippen molar-refractivity contribution in [1.82, 2.24) is 9.47 Å². The van der Waals surface area contributed by atoms with Gasteiger partial charge < -0.3 is 14.1 Å². The van der Waals surface area contributed by atoms with E-state index < -0.39 is 11.7 Å². The quantitative estimate of drug-likeness (QED) is 0.559. The van der Waals surface area contributed by atoms with Crippen molar-refractivity contribution in [2.24, 2.45) is 0 Å². The molecule has 7 heteroatoms. The van der Waals surface area contributed by atoms with Gasteiger partial charge in [-0.15, -0.1) is 0 Å². The summed E-state index contributed by atoms with van der Waals surface area (Å²) in [5.74, 6) is -1.32. The summed E-state index contributed by atoms with van der Waals surface area (Å²) in [6.45, 7) is 2.66. The molecule has 0 bridgehead atoms. The van der Waals surface area contributed by atoms with Gasteiger partial charge in [-0.05, 0) is 24.6 Å². The number of fused-ring (bicyclic) bond motifs is 1. The number of amides is 1. The molecule has 0 radical (unpaired) electrons. The van der Waals surface area contributed by atoms with Gasteiger partial charge in [0.2, 0.25) is 0 Å². The second-order valence-corrected chi connectivity index (χ2v) is 6.29. The number of nitrogens with zero attached hydrogens (tertiary/aromatic N) is 2. The number of oxazole rings is 1. The van der Waals surface area contributed by atoms with E-state index in [1.165, 1.54) is 4.57 Å². The van der Waals surface area contributed by atoms with Crippen LogP contribution in [-0.4, -0.2) is 34.5 Å². The summed E-state index contributed by atoms with van der Waals surface area (Å²) in [6.07, 6.45) is -0.0263. The van der Waals surface area contributed by atoms with Gasteiger partial charge in [0, 0.05) is 19.6 Å². The Morgan fingerprint density at radius 3 is 2.54 bits per heavy atom. The number of hydrogen-bond acceptors (Lipinski definition) is 5. The monoisotopic (exact) mass is 382 g/mol. The molecule has 0 aliphatic heterocycles. The van der Waals surface area contributed by atoms with Crippen LogP contribution in [0.3, 0.4) is 0 Å². The van der Waals surface area contributed by atoms with Crippen LogP contribution in [0.5, 0.6) is 0 Å². The molecular weight excluding hydrogens is 360 g/mol. The third kappa shape index (κ3) is 4.68. The Bertz CT molecular complexity index is 1010. The van der Waals surface area contributed by atoms with Crippen molar-refractivity contribution in [2.45, 2.75) is 26.4 Å². The lowest BCUT2D eigenvalue weighted by atomic mass is 10.2. The van der Waals surface area contributed by atoms with E-state index in [1.807, 2.05) is 37.3 Å². The molecule has 0 saturated heterocycles. The van der Waals surface area contributed by atoms with Crippen molar-refractivity contribution in [3.8, 4) is 0 Å². The number of aromatic nitrogens is 1. The molecule has 0 spiro atoms. The Hall–Kier alpha value is -3.35. The first-order chi connectivity index (χ1) is 13.6. The average molecular weight is 382 g/mol. The highest BCUT2D eigenvalue weighted by Crippen LogP contribution is 2.12. The van der Waals surface area contributed by atoms with Crippen LogP contribution in [0.15, 0.2) is 63.8 Å². The summed E-state index contributed by atoms with van der Waals surface area (Å²) in [5.41, 5.74) is 2.10. The number of hydrogen-bond donors (Lipinski definition) is 0. The predicted octanol–water partition coefficient (Wildman–Crippen LogP) is 2.58. The van der Waals surface area contributed by atoms with E-state index >= 15 is 0 Å². The summed E-state index contributed by atoms with van der Waals surface area (Å²) in [7, 11) is 0. The summed E-state index contributed by atoms with van der Waals surface area (Å²) < 4.78 is 11.6. The number of rotatable bonds is 8. The second kappa shape index (κ2) is 9.03. The van der Waals surface area contributed by atoms with Crippen LogP contribution in [-0.2, 0) is 27.4 Å². The molecule has 28 heavy (non-hydrogen) atoms. The zero-order valence-electron chi connectivity index (χ0n) is 15.7. The average Bonchev–Trinajstić information content (AvgIpc) is 3.04. The molecule has 1 heterocycles. The fraction of sp³-hybridized carbons (Fsp3) is 0.286. The van der Waals surface area contributed by atoms with Gasteiger partial charge in [-0.25, -0.2) is 4.79 Å². The molecule has 3 rings (SSSR count). The van der Waals surface area contributed by atoms with Crippen molar-refractivity contribution in [3.05, 3.63) is 70.7 Å². The molecule has 0 fully saturated rings. The standard InChI is InChI=1S/C21H22N2O5/c1-2-22(14-16-8-4-3-5-9-16)19(24)15-27-20(25)12-13-23-17-10-6-7-11-18(17)28-21(23)26/h3-11H,2,12-15H2,1H3. The molecule has 0 atom stereocenters. The lowest BCUT2D eigenvalue weighted by Crippen LogP contribution is -2.34. The lowest BCUT2D eigenvalue weighted by molar-refractivity contribution is -0.152. The molecule has 2 aromatic carbocycles. The minimum absolute atomic E-state index is 0.0263. The number of ether oxygens (including phenoxy) is 1. The molecule has 3 aromatic rings. The largest absolute Gasteiger partial charge is 0.456 e. The Morgan fingerprint density at radius 2 is 1.79 bits per heavy atom. The van der Waals surface area contributed by atoms with Crippen molar-refractivity contribution in [2.75, 3.05) is 13.2 Å². The van der Waals surface area contributed by atoms with Gasteiger partial charge in [0.15, 0.2) is 12.2 Å². The van der Waals surface area contributed by atoms with Crippen molar-refractivity contribution < 1.29 is 18.7 Å². The van der Waals surface area contributed by atoms with Crippen LogP contribution in [0.2, 0.25) is 0 Å². The minimum Gasteiger partial charge on any atom is -0.456 e.